The minimum absolute atomic E-state index is 0.124. The highest BCUT2D eigenvalue weighted by Crippen LogP contribution is 2.35. The second kappa shape index (κ2) is 11.5. The van der Waals surface area contributed by atoms with Gasteiger partial charge in [0, 0.05) is 51.4 Å². The fourth-order valence-corrected chi connectivity index (χ4v) is 4.88. The smallest absolute Gasteiger partial charge is 0.246 e. The standard InChI is InChI=1S/C28H22Br2N4O3/c1-17(35)31-21-7-3-19(4-8-21)25-13-11-23(15-27(25)29)33-34(37)24-12-14-26(28(30)16-24)20-5-9-22(10-6-20)32-18(2)36/h3-16H,1-2H3,(H,31,35)(H,32,36). The van der Waals surface area contributed by atoms with Crippen molar-refractivity contribution in [3.63, 3.8) is 0 Å². The van der Waals surface area contributed by atoms with Gasteiger partial charge >= 0.3 is 0 Å². The number of amides is 2. The van der Waals surface area contributed by atoms with E-state index in [0.29, 0.717) is 21.9 Å². The number of azo groups is 1. The average Bonchev–Trinajstić information content (AvgIpc) is 2.85. The summed E-state index contributed by atoms with van der Waals surface area (Å²) in [6, 6.07) is 25.6. The van der Waals surface area contributed by atoms with Crippen molar-refractivity contribution < 1.29 is 14.4 Å². The van der Waals surface area contributed by atoms with E-state index in [-0.39, 0.29) is 11.8 Å². The topological polar surface area (TPSA) is 96.6 Å². The molecule has 0 unspecified atom stereocenters. The molecule has 2 amide bonds. The molecule has 4 aromatic carbocycles. The molecule has 0 saturated heterocycles. The molecule has 186 valence electrons. The van der Waals surface area contributed by atoms with Gasteiger partial charge in [-0.05, 0) is 80.6 Å². The molecule has 0 aliphatic heterocycles. The summed E-state index contributed by atoms with van der Waals surface area (Å²) in [5, 5.41) is 22.5. The van der Waals surface area contributed by atoms with E-state index in [2.05, 4.69) is 47.6 Å². The van der Waals surface area contributed by atoms with Gasteiger partial charge in [0.1, 0.15) is 5.69 Å². The minimum Gasteiger partial charge on any atom is -0.594 e. The molecule has 7 nitrogen and oxygen atoms in total. The fraction of sp³-hybridized carbons (Fsp3) is 0.0714. The van der Waals surface area contributed by atoms with Gasteiger partial charge in [-0.15, -0.1) is 0 Å². The van der Waals surface area contributed by atoms with Crippen molar-refractivity contribution in [1.82, 2.24) is 0 Å². The zero-order chi connectivity index (χ0) is 26.5. The lowest BCUT2D eigenvalue weighted by Gasteiger charge is -2.09. The third-order valence-corrected chi connectivity index (χ3v) is 6.68. The number of benzene rings is 4. The van der Waals surface area contributed by atoms with E-state index in [1.54, 1.807) is 24.3 Å². The van der Waals surface area contributed by atoms with E-state index in [4.69, 9.17) is 0 Å². The fourth-order valence-electron chi connectivity index (χ4n) is 3.69. The Labute approximate surface area is 231 Å². The molecule has 0 saturated carbocycles. The number of halogens is 2. The molecule has 0 aliphatic rings. The first kappa shape index (κ1) is 26.2. The van der Waals surface area contributed by atoms with Gasteiger partial charge in [-0.3, -0.25) is 9.59 Å². The van der Waals surface area contributed by atoms with Crippen molar-refractivity contribution in [2.45, 2.75) is 13.8 Å². The van der Waals surface area contributed by atoms with Crippen LogP contribution in [0.3, 0.4) is 0 Å². The van der Waals surface area contributed by atoms with Crippen LogP contribution >= 0.6 is 31.9 Å². The Morgan fingerprint density at radius 3 is 1.59 bits per heavy atom. The van der Waals surface area contributed by atoms with Crippen molar-refractivity contribution in [3.8, 4) is 22.3 Å². The summed E-state index contributed by atoms with van der Waals surface area (Å²) in [7, 11) is 0. The molecule has 0 fully saturated rings. The average molecular weight is 622 g/mol. The van der Waals surface area contributed by atoms with Gasteiger partial charge in [0.15, 0.2) is 0 Å². The van der Waals surface area contributed by atoms with E-state index in [9.17, 15) is 14.8 Å². The zero-order valence-corrected chi connectivity index (χ0v) is 23.1. The summed E-state index contributed by atoms with van der Waals surface area (Å²) in [4.78, 5) is 23.0. The Bertz CT molecular complexity index is 1500. The molecule has 4 rings (SSSR count). The minimum atomic E-state index is -0.128. The Kier molecular flexibility index (Phi) is 8.15. The number of rotatable bonds is 6. The largest absolute Gasteiger partial charge is 0.594 e. The van der Waals surface area contributed by atoms with Gasteiger partial charge in [0.25, 0.3) is 0 Å². The molecule has 0 bridgehead atoms. The van der Waals surface area contributed by atoms with E-state index >= 15 is 0 Å². The Morgan fingerprint density at radius 2 is 1.16 bits per heavy atom. The van der Waals surface area contributed by atoms with Crippen LogP contribution in [0.2, 0.25) is 0 Å². The third kappa shape index (κ3) is 6.69. The Morgan fingerprint density at radius 1 is 0.703 bits per heavy atom. The summed E-state index contributed by atoms with van der Waals surface area (Å²) in [6.07, 6.45) is 0. The quantitative estimate of drug-likeness (QED) is 0.128. The summed E-state index contributed by atoms with van der Waals surface area (Å²) in [6.45, 7) is 2.93. The number of hydrogen-bond donors (Lipinski definition) is 2. The molecule has 0 heterocycles. The number of nitrogens with one attached hydrogen (secondary N) is 2. The van der Waals surface area contributed by atoms with Crippen LogP contribution in [0.15, 0.2) is 99.0 Å². The normalized spacial score (nSPS) is 11.2. The van der Waals surface area contributed by atoms with Gasteiger partial charge in [-0.1, -0.05) is 51.1 Å². The van der Waals surface area contributed by atoms with Gasteiger partial charge in [-0.25, -0.2) is 0 Å². The number of carbonyl (C=O) groups is 2. The van der Waals surface area contributed by atoms with Crippen molar-refractivity contribution in [1.29, 1.82) is 0 Å². The van der Waals surface area contributed by atoms with Crippen LogP contribution in [0.25, 0.3) is 22.3 Å². The van der Waals surface area contributed by atoms with Crippen LogP contribution in [0.4, 0.5) is 22.7 Å². The molecule has 0 aromatic heterocycles. The van der Waals surface area contributed by atoms with E-state index in [0.717, 1.165) is 36.9 Å². The number of carbonyl (C=O) groups excluding carboxylic acids is 2. The molecule has 4 aromatic rings. The maximum Gasteiger partial charge on any atom is 0.246 e. The first-order chi connectivity index (χ1) is 17.7. The van der Waals surface area contributed by atoms with Gasteiger partial charge in [0.2, 0.25) is 17.5 Å². The molecular formula is C28H22Br2N4O3. The van der Waals surface area contributed by atoms with Crippen LogP contribution in [-0.2, 0) is 9.59 Å². The summed E-state index contributed by atoms with van der Waals surface area (Å²) < 4.78 is 1.53. The third-order valence-electron chi connectivity index (χ3n) is 5.37. The van der Waals surface area contributed by atoms with Crippen LogP contribution < -0.4 is 10.6 Å². The lowest BCUT2D eigenvalue weighted by Crippen LogP contribution is -2.05. The maximum absolute atomic E-state index is 12.8. The second-order valence-electron chi connectivity index (χ2n) is 8.22. The second-order valence-corrected chi connectivity index (χ2v) is 9.93. The highest BCUT2D eigenvalue weighted by molar-refractivity contribution is 9.11. The molecule has 0 radical (unpaired) electrons. The van der Waals surface area contributed by atoms with Crippen molar-refractivity contribution in [2.75, 3.05) is 10.6 Å². The van der Waals surface area contributed by atoms with Crippen LogP contribution in [-0.4, -0.2) is 16.7 Å². The van der Waals surface area contributed by atoms with Gasteiger partial charge < -0.3 is 15.8 Å². The maximum atomic E-state index is 12.8. The number of nitrogens with zero attached hydrogens (tertiary/aromatic N) is 2. The predicted molar refractivity (Wildman–Crippen MR) is 153 cm³/mol. The van der Waals surface area contributed by atoms with Crippen LogP contribution in [0, 0.1) is 5.21 Å². The first-order valence-electron chi connectivity index (χ1n) is 11.2. The predicted octanol–water partition coefficient (Wildman–Crippen LogP) is 8.39. The lowest BCUT2D eigenvalue weighted by molar-refractivity contribution is -0.435. The molecule has 2 N–H and O–H groups in total. The van der Waals surface area contributed by atoms with Gasteiger partial charge in [0.05, 0.1) is 0 Å². The summed E-state index contributed by atoms with van der Waals surface area (Å²) in [5.74, 6) is -0.252. The molecular weight excluding hydrogens is 600 g/mol. The van der Waals surface area contributed by atoms with Crippen LogP contribution in [0.5, 0.6) is 0 Å². The SMILES string of the molecule is CC(=O)Nc1ccc(-c2ccc(N=[N+]([O-])c3ccc(-c4ccc(NC(C)=O)cc4)c(Br)c3)cc2Br)cc1. The lowest BCUT2D eigenvalue weighted by atomic mass is 10.0. The summed E-state index contributed by atoms with van der Waals surface area (Å²) in [5.41, 5.74) is 6.04. The Hall–Kier alpha value is -3.82. The van der Waals surface area contributed by atoms with E-state index < -0.39 is 0 Å². The van der Waals surface area contributed by atoms with E-state index in [1.165, 1.54) is 13.8 Å². The zero-order valence-electron chi connectivity index (χ0n) is 20.0. The first-order valence-corrected chi connectivity index (χ1v) is 12.8. The number of anilines is 2. The highest BCUT2D eigenvalue weighted by Gasteiger charge is 2.12. The molecule has 0 aliphatic carbocycles. The molecule has 0 spiro atoms. The van der Waals surface area contributed by atoms with E-state index in [1.807, 2.05) is 60.7 Å². The monoisotopic (exact) mass is 620 g/mol. The van der Waals surface area contributed by atoms with Crippen LogP contribution in [0.1, 0.15) is 13.8 Å². The molecule has 0 atom stereocenters. The summed E-state index contributed by atoms with van der Waals surface area (Å²) >= 11 is 7.13. The Balaban J connectivity index is 1.52. The number of hydrogen-bond acceptors (Lipinski definition) is 4. The van der Waals surface area contributed by atoms with Crippen molar-refractivity contribution in [2.24, 2.45) is 5.11 Å². The van der Waals surface area contributed by atoms with Gasteiger partial charge in [-0.2, -0.15) is 0 Å². The molecule has 37 heavy (non-hydrogen) atoms. The van der Waals surface area contributed by atoms with Crippen molar-refractivity contribution in [3.05, 3.63) is 99.1 Å². The van der Waals surface area contributed by atoms with Crippen molar-refractivity contribution >= 4 is 66.4 Å². The molecule has 9 heteroatoms. The highest BCUT2D eigenvalue weighted by atomic mass is 79.9.